The van der Waals surface area contributed by atoms with E-state index in [1.54, 1.807) is 27.6 Å². The maximum atomic E-state index is 13.3. The molecule has 1 aromatic carbocycles. The number of nitrogens with zero attached hydrogens (tertiary/aromatic N) is 3. The van der Waals surface area contributed by atoms with Gasteiger partial charge in [-0.1, -0.05) is 0 Å². The van der Waals surface area contributed by atoms with E-state index in [0.29, 0.717) is 26.2 Å². The van der Waals surface area contributed by atoms with Crippen molar-refractivity contribution in [3.63, 3.8) is 0 Å². The summed E-state index contributed by atoms with van der Waals surface area (Å²) in [5, 5.41) is 7.07. The molecule has 0 bridgehead atoms. The molecule has 3 heterocycles. The van der Waals surface area contributed by atoms with Gasteiger partial charge in [0.05, 0.1) is 5.69 Å². The Morgan fingerprint density at radius 3 is 2.54 bits per heavy atom. The fourth-order valence-corrected chi connectivity index (χ4v) is 4.40. The summed E-state index contributed by atoms with van der Waals surface area (Å²) in [4.78, 5) is 21.0. The summed E-state index contributed by atoms with van der Waals surface area (Å²) in [6.45, 7) is 2.36. The molecule has 134 valence electrons. The quantitative estimate of drug-likeness (QED) is 0.674. The molecule has 0 N–H and O–H groups in total. The summed E-state index contributed by atoms with van der Waals surface area (Å²) in [7, 11) is 0. The number of hydrogen-bond donors (Lipinski definition) is 0. The Hall–Kier alpha value is -2.32. The van der Waals surface area contributed by atoms with Crippen LogP contribution in [0, 0.1) is 11.6 Å². The number of halogens is 2. The van der Waals surface area contributed by atoms with Gasteiger partial charge in [0.2, 0.25) is 0 Å². The monoisotopic (exact) mass is 391 g/mol. The first-order valence-corrected chi connectivity index (χ1v) is 9.91. The van der Waals surface area contributed by atoms with E-state index in [4.69, 9.17) is 0 Å². The third-order valence-corrected chi connectivity index (χ3v) is 5.90. The van der Waals surface area contributed by atoms with E-state index in [9.17, 15) is 13.6 Å². The minimum Gasteiger partial charge on any atom is -0.345 e. The van der Waals surface area contributed by atoms with Gasteiger partial charge in [-0.3, -0.25) is 4.79 Å². The Labute approximate surface area is 157 Å². The van der Waals surface area contributed by atoms with Gasteiger partial charge in [0.1, 0.15) is 0 Å². The summed E-state index contributed by atoms with van der Waals surface area (Å²) in [5.74, 6) is -2.23. The predicted octanol–water partition coefficient (Wildman–Crippen LogP) is 4.11. The van der Waals surface area contributed by atoms with Gasteiger partial charge in [0.25, 0.3) is 5.91 Å². The number of aromatic nitrogens is 1. The number of rotatable bonds is 3. The molecule has 2 aromatic heterocycles. The average Bonchev–Trinajstić information content (AvgIpc) is 3.35. The molecular weight excluding hydrogens is 376 g/mol. The van der Waals surface area contributed by atoms with Crippen LogP contribution in [0.15, 0.2) is 40.4 Å². The highest BCUT2D eigenvalue weighted by Gasteiger charge is 2.24. The van der Waals surface area contributed by atoms with E-state index in [1.807, 2.05) is 16.8 Å². The minimum atomic E-state index is -1.00. The van der Waals surface area contributed by atoms with E-state index in [-0.39, 0.29) is 11.5 Å². The average molecular weight is 391 g/mol. The van der Waals surface area contributed by atoms with Crippen molar-refractivity contribution in [3.05, 3.63) is 57.6 Å². The Morgan fingerprint density at radius 2 is 1.85 bits per heavy atom. The lowest BCUT2D eigenvalue weighted by Gasteiger charge is -2.34. The molecule has 0 radical (unpaired) electrons. The molecule has 0 aliphatic carbocycles. The number of piperazine rings is 1. The fourth-order valence-electron chi connectivity index (χ4n) is 2.86. The number of carbonyl (C=O) groups excluding carboxylic acids is 1. The van der Waals surface area contributed by atoms with Gasteiger partial charge >= 0.3 is 0 Å². The van der Waals surface area contributed by atoms with Gasteiger partial charge in [-0.25, -0.2) is 13.8 Å². The smallest absolute Gasteiger partial charge is 0.254 e. The number of benzene rings is 1. The van der Waals surface area contributed by atoms with Crippen LogP contribution in [0.25, 0.3) is 11.3 Å². The summed E-state index contributed by atoms with van der Waals surface area (Å²) < 4.78 is 26.4. The van der Waals surface area contributed by atoms with Crippen LogP contribution in [0.2, 0.25) is 0 Å². The van der Waals surface area contributed by atoms with Crippen molar-refractivity contribution in [1.82, 2.24) is 9.88 Å². The van der Waals surface area contributed by atoms with Crippen LogP contribution in [0.3, 0.4) is 0 Å². The first kappa shape index (κ1) is 17.1. The van der Waals surface area contributed by atoms with Crippen LogP contribution >= 0.6 is 22.7 Å². The van der Waals surface area contributed by atoms with Crippen molar-refractivity contribution in [3.8, 4) is 11.3 Å². The molecule has 0 unspecified atom stereocenters. The van der Waals surface area contributed by atoms with Crippen LogP contribution in [-0.2, 0) is 0 Å². The topological polar surface area (TPSA) is 36.4 Å². The molecule has 1 aliphatic rings. The van der Waals surface area contributed by atoms with E-state index in [0.717, 1.165) is 28.5 Å². The van der Waals surface area contributed by atoms with Crippen LogP contribution in [-0.4, -0.2) is 42.0 Å². The molecule has 8 heteroatoms. The molecule has 1 saturated heterocycles. The van der Waals surface area contributed by atoms with Gasteiger partial charge in [-0.2, -0.15) is 11.3 Å². The Balaban J connectivity index is 1.41. The zero-order valence-corrected chi connectivity index (χ0v) is 15.3. The number of thiophene rings is 1. The van der Waals surface area contributed by atoms with Gasteiger partial charge in [0.15, 0.2) is 16.8 Å². The largest absolute Gasteiger partial charge is 0.345 e. The van der Waals surface area contributed by atoms with Gasteiger partial charge < -0.3 is 9.80 Å². The number of thiazole rings is 1. The normalized spacial score (nSPS) is 14.7. The third kappa shape index (κ3) is 3.34. The standard InChI is InChI=1S/C18H15F2N3OS2/c19-14-2-1-12(9-15(14)20)17(24)22-4-6-23(7-5-22)18-21-16(11-26-18)13-3-8-25-10-13/h1-3,8-11H,4-7H2. The van der Waals surface area contributed by atoms with Gasteiger partial charge in [-0.05, 0) is 29.6 Å². The molecule has 3 aromatic rings. The number of carbonyl (C=O) groups is 1. The second-order valence-corrected chi connectivity index (χ2v) is 7.55. The zero-order valence-electron chi connectivity index (χ0n) is 13.7. The molecule has 4 rings (SSSR count). The van der Waals surface area contributed by atoms with Crippen LogP contribution < -0.4 is 4.90 Å². The molecule has 1 amide bonds. The lowest BCUT2D eigenvalue weighted by molar-refractivity contribution is 0.0746. The fraction of sp³-hybridized carbons (Fsp3) is 0.222. The van der Waals surface area contributed by atoms with Crippen molar-refractivity contribution in [2.45, 2.75) is 0 Å². The number of hydrogen-bond acceptors (Lipinski definition) is 5. The van der Waals surface area contributed by atoms with Crippen LogP contribution in [0.1, 0.15) is 10.4 Å². The first-order valence-electron chi connectivity index (χ1n) is 8.09. The lowest BCUT2D eigenvalue weighted by Crippen LogP contribution is -2.48. The molecule has 1 fully saturated rings. The Bertz CT molecular complexity index is 918. The molecule has 26 heavy (non-hydrogen) atoms. The van der Waals surface area contributed by atoms with Gasteiger partial charge in [-0.15, -0.1) is 11.3 Å². The molecule has 4 nitrogen and oxygen atoms in total. The molecule has 0 atom stereocenters. The van der Waals surface area contributed by atoms with Crippen LogP contribution in [0.5, 0.6) is 0 Å². The minimum absolute atomic E-state index is 0.173. The molecule has 0 spiro atoms. The number of anilines is 1. The maximum Gasteiger partial charge on any atom is 0.254 e. The highest BCUT2D eigenvalue weighted by molar-refractivity contribution is 7.14. The van der Waals surface area contributed by atoms with Crippen molar-refractivity contribution >= 4 is 33.7 Å². The Morgan fingerprint density at radius 1 is 1.04 bits per heavy atom. The van der Waals surface area contributed by atoms with E-state index < -0.39 is 11.6 Å². The van der Waals surface area contributed by atoms with Crippen LogP contribution in [0.4, 0.5) is 13.9 Å². The highest BCUT2D eigenvalue weighted by Crippen LogP contribution is 2.29. The van der Waals surface area contributed by atoms with E-state index in [1.165, 1.54) is 6.07 Å². The third-order valence-electron chi connectivity index (χ3n) is 4.31. The summed E-state index contributed by atoms with van der Waals surface area (Å²) in [6.07, 6.45) is 0. The maximum absolute atomic E-state index is 13.3. The van der Waals surface area contributed by atoms with Crippen molar-refractivity contribution < 1.29 is 13.6 Å². The number of amides is 1. The first-order chi connectivity index (χ1) is 12.6. The predicted molar refractivity (Wildman–Crippen MR) is 99.9 cm³/mol. The summed E-state index contributed by atoms with van der Waals surface area (Å²) >= 11 is 3.23. The highest BCUT2D eigenvalue weighted by atomic mass is 32.1. The second-order valence-electron chi connectivity index (χ2n) is 5.94. The Kier molecular flexibility index (Phi) is 4.69. The van der Waals surface area contributed by atoms with Crippen molar-refractivity contribution in [2.24, 2.45) is 0 Å². The van der Waals surface area contributed by atoms with E-state index in [2.05, 4.69) is 15.3 Å². The van der Waals surface area contributed by atoms with Gasteiger partial charge in [0, 0.05) is 48.1 Å². The summed E-state index contributed by atoms with van der Waals surface area (Å²) in [6, 6.07) is 5.31. The van der Waals surface area contributed by atoms with Crippen molar-refractivity contribution in [1.29, 1.82) is 0 Å². The molecule has 0 saturated carbocycles. The second kappa shape index (κ2) is 7.13. The van der Waals surface area contributed by atoms with E-state index >= 15 is 0 Å². The SMILES string of the molecule is O=C(c1ccc(F)c(F)c1)N1CCN(c2nc(-c3ccsc3)cs2)CC1. The summed E-state index contributed by atoms with van der Waals surface area (Å²) in [5.41, 5.74) is 2.25. The molecule has 1 aliphatic heterocycles. The lowest BCUT2D eigenvalue weighted by atomic mass is 10.1. The molecular formula is C18H15F2N3OS2. The zero-order chi connectivity index (χ0) is 18.1. The van der Waals surface area contributed by atoms with Crippen molar-refractivity contribution in [2.75, 3.05) is 31.1 Å².